The zero-order valence-electron chi connectivity index (χ0n) is 12.6. The van der Waals surface area contributed by atoms with Crippen molar-refractivity contribution in [1.29, 1.82) is 0 Å². The summed E-state index contributed by atoms with van der Waals surface area (Å²) < 4.78 is 13.6. The number of aromatic carboxylic acids is 1. The van der Waals surface area contributed by atoms with Crippen molar-refractivity contribution in [3.05, 3.63) is 65.0 Å². The molecule has 0 amide bonds. The fraction of sp³-hybridized carbons (Fsp3) is 0.316. The highest BCUT2D eigenvalue weighted by Gasteiger charge is 2.40. The number of anilines is 1. The molecule has 0 saturated heterocycles. The lowest BCUT2D eigenvalue weighted by molar-refractivity contribution is 0.0697. The minimum absolute atomic E-state index is 0.156. The van der Waals surface area contributed by atoms with E-state index in [4.69, 9.17) is 5.11 Å². The number of hydrogen-bond donors (Lipinski definition) is 2. The lowest BCUT2D eigenvalue weighted by Crippen LogP contribution is -2.28. The summed E-state index contributed by atoms with van der Waals surface area (Å²) in [5, 5.41) is 12.6. The van der Waals surface area contributed by atoms with Gasteiger partial charge in [0.2, 0.25) is 0 Å². The van der Waals surface area contributed by atoms with E-state index >= 15 is 0 Å². The molecule has 2 aromatic carbocycles. The Bertz CT molecular complexity index is 756. The standard InChI is InChI=1S/C19H18FNO2/c20-13-8-9-17-16(10-13)14-2-1-3-15(14)18(21-17)11-4-6-12(7-5-11)19(22)23/h4-10,14-15,18,21H,1-3H2,(H,22,23)/t14-,15+,18+/m1/s1. The number of nitrogens with one attached hydrogen (secondary N) is 1. The molecule has 118 valence electrons. The molecule has 2 aliphatic rings. The van der Waals surface area contributed by atoms with Crippen molar-refractivity contribution in [2.24, 2.45) is 5.92 Å². The highest BCUT2D eigenvalue weighted by Crippen LogP contribution is 2.52. The molecule has 0 aromatic heterocycles. The Morgan fingerprint density at radius 2 is 1.91 bits per heavy atom. The smallest absolute Gasteiger partial charge is 0.335 e. The summed E-state index contributed by atoms with van der Waals surface area (Å²) in [6.45, 7) is 0. The molecule has 0 unspecified atom stereocenters. The number of rotatable bonds is 2. The van der Waals surface area contributed by atoms with Gasteiger partial charge in [-0.25, -0.2) is 9.18 Å². The molecule has 1 heterocycles. The van der Waals surface area contributed by atoms with Crippen molar-refractivity contribution in [3.63, 3.8) is 0 Å². The van der Waals surface area contributed by atoms with Gasteiger partial charge in [0.15, 0.2) is 0 Å². The average molecular weight is 311 g/mol. The van der Waals surface area contributed by atoms with Crippen LogP contribution in [0.4, 0.5) is 10.1 Å². The first-order chi connectivity index (χ1) is 11.1. The van der Waals surface area contributed by atoms with Gasteiger partial charge in [-0.1, -0.05) is 18.6 Å². The molecule has 1 fully saturated rings. The van der Waals surface area contributed by atoms with Crippen LogP contribution in [0.2, 0.25) is 0 Å². The molecule has 2 N–H and O–H groups in total. The SMILES string of the molecule is O=C(O)c1ccc([C@@H]2Nc3ccc(F)cc3[C@@H]3CCC[C@@H]32)cc1. The molecular weight excluding hydrogens is 293 g/mol. The second kappa shape index (κ2) is 5.37. The summed E-state index contributed by atoms with van der Waals surface area (Å²) in [6.07, 6.45) is 3.35. The zero-order valence-corrected chi connectivity index (χ0v) is 12.6. The van der Waals surface area contributed by atoms with Gasteiger partial charge in [-0.3, -0.25) is 0 Å². The van der Waals surface area contributed by atoms with Crippen molar-refractivity contribution >= 4 is 11.7 Å². The maximum atomic E-state index is 13.6. The fourth-order valence-corrected chi connectivity index (χ4v) is 4.18. The molecule has 2 aromatic rings. The van der Waals surface area contributed by atoms with E-state index < -0.39 is 5.97 Å². The molecule has 1 aliphatic heterocycles. The van der Waals surface area contributed by atoms with Gasteiger partial charge in [-0.15, -0.1) is 0 Å². The first-order valence-electron chi connectivity index (χ1n) is 8.03. The summed E-state index contributed by atoms with van der Waals surface area (Å²) in [5.74, 6) is -0.278. The largest absolute Gasteiger partial charge is 0.478 e. The minimum atomic E-state index is -0.910. The Labute approximate surface area is 134 Å². The number of benzene rings is 2. The topological polar surface area (TPSA) is 49.3 Å². The van der Waals surface area contributed by atoms with Crippen molar-refractivity contribution in [3.8, 4) is 0 Å². The van der Waals surface area contributed by atoms with E-state index in [1.165, 1.54) is 6.07 Å². The van der Waals surface area contributed by atoms with E-state index in [1.54, 1.807) is 18.2 Å². The third-order valence-corrected chi connectivity index (χ3v) is 5.24. The van der Waals surface area contributed by atoms with Crippen LogP contribution in [0.5, 0.6) is 0 Å². The molecule has 3 atom stereocenters. The predicted molar refractivity (Wildman–Crippen MR) is 86.2 cm³/mol. The van der Waals surface area contributed by atoms with Crippen LogP contribution >= 0.6 is 0 Å². The second-order valence-corrected chi connectivity index (χ2v) is 6.48. The van der Waals surface area contributed by atoms with E-state index in [2.05, 4.69) is 5.32 Å². The number of fused-ring (bicyclic) bond motifs is 3. The average Bonchev–Trinajstić information content (AvgIpc) is 3.04. The minimum Gasteiger partial charge on any atom is -0.478 e. The van der Waals surface area contributed by atoms with Crippen molar-refractivity contribution in [2.45, 2.75) is 31.2 Å². The predicted octanol–water partition coefficient (Wildman–Crippen LogP) is 4.57. The van der Waals surface area contributed by atoms with E-state index in [1.807, 2.05) is 18.2 Å². The van der Waals surface area contributed by atoms with Crippen molar-refractivity contribution in [2.75, 3.05) is 5.32 Å². The fourth-order valence-electron chi connectivity index (χ4n) is 4.18. The van der Waals surface area contributed by atoms with Crippen LogP contribution in [-0.4, -0.2) is 11.1 Å². The molecule has 1 saturated carbocycles. The quantitative estimate of drug-likeness (QED) is 0.854. The third-order valence-electron chi connectivity index (χ3n) is 5.24. The maximum absolute atomic E-state index is 13.6. The molecular formula is C19H18FNO2. The lowest BCUT2D eigenvalue weighted by atomic mass is 9.77. The van der Waals surface area contributed by atoms with Gasteiger partial charge in [0, 0.05) is 5.69 Å². The molecule has 3 nitrogen and oxygen atoms in total. The Balaban J connectivity index is 1.72. The zero-order chi connectivity index (χ0) is 16.0. The highest BCUT2D eigenvalue weighted by atomic mass is 19.1. The van der Waals surface area contributed by atoms with Crippen LogP contribution in [0, 0.1) is 11.7 Å². The third kappa shape index (κ3) is 2.38. The van der Waals surface area contributed by atoms with Crippen LogP contribution in [-0.2, 0) is 0 Å². The Morgan fingerprint density at radius 3 is 2.65 bits per heavy atom. The van der Waals surface area contributed by atoms with Gasteiger partial charge in [0.1, 0.15) is 5.82 Å². The van der Waals surface area contributed by atoms with E-state index in [0.717, 1.165) is 36.1 Å². The Hall–Kier alpha value is -2.36. The van der Waals surface area contributed by atoms with E-state index in [0.29, 0.717) is 17.4 Å². The van der Waals surface area contributed by atoms with Gasteiger partial charge < -0.3 is 10.4 Å². The first kappa shape index (κ1) is 14.2. The van der Waals surface area contributed by atoms with Gasteiger partial charge >= 0.3 is 5.97 Å². The van der Waals surface area contributed by atoms with Crippen LogP contribution in [0.15, 0.2) is 42.5 Å². The summed E-state index contributed by atoms with van der Waals surface area (Å²) in [5.41, 5.74) is 3.49. The molecule has 0 bridgehead atoms. The van der Waals surface area contributed by atoms with Crippen molar-refractivity contribution < 1.29 is 14.3 Å². The van der Waals surface area contributed by atoms with E-state index in [-0.39, 0.29) is 11.9 Å². The van der Waals surface area contributed by atoms with Gasteiger partial charge in [-0.2, -0.15) is 0 Å². The molecule has 23 heavy (non-hydrogen) atoms. The number of carboxylic acids is 1. The van der Waals surface area contributed by atoms with Gasteiger partial charge in [0.05, 0.1) is 11.6 Å². The lowest BCUT2D eigenvalue weighted by Gasteiger charge is -2.37. The molecule has 4 heteroatoms. The van der Waals surface area contributed by atoms with Gasteiger partial charge in [0.25, 0.3) is 0 Å². The highest BCUT2D eigenvalue weighted by molar-refractivity contribution is 5.87. The summed E-state index contributed by atoms with van der Waals surface area (Å²) >= 11 is 0. The molecule has 0 radical (unpaired) electrons. The molecule has 4 rings (SSSR count). The summed E-state index contributed by atoms with van der Waals surface area (Å²) in [4.78, 5) is 11.0. The molecule has 0 spiro atoms. The molecule has 1 aliphatic carbocycles. The van der Waals surface area contributed by atoms with Crippen LogP contribution in [0.25, 0.3) is 0 Å². The van der Waals surface area contributed by atoms with Crippen molar-refractivity contribution in [1.82, 2.24) is 0 Å². The number of carboxylic acid groups (broad SMARTS) is 1. The first-order valence-corrected chi connectivity index (χ1v) is 8.03. The Kier molecular flexibility index (Phi) is 3.33. The van der Waals surface area contributed by atoms with Crippen LogP contribution < -0.4 is 5.32 Å². The monoisotopic (exact) mass is 311 g/mol. The normalized spacial score (nSPS) is 25.3. The number of carbonyl (C=O) groups is 1. The number of hydrogen-bond acceptors (Lipinski definition) is 2. The van der Waals surface area contributed by atoms with Crippen LogP contribution in [0.3, 0.4) is 0 Å². The van der Waals surface area contributed by atoms with E-state index in [9.17, 15) is 9.18 Å². The number of halogens is 1. The summed E-state index contributed by atoms with van der Waals surface area (Å²) in [7, 11) is 0. The van der Waals surface area contributed by atoms with Gasteiger partial charge in [-0.05, 0) is 66.1 Å². The summed E-state index contributed by atoms with van der Waals surface area (Å²) in [6, 6.07) is 12.2. The Morgan fingerprint density at radius 1 is 1.13 bits per heavy atom. The second-order valence-electron chi connectivity index (χ2n) is 6.48. The van der Waals surface area contributed by atoms with Crippen LogP contribution in [0.1, 0.15) is 52.7 Å². The maximum Gasteiger partial charge on any atom is 0.335 e.